The Labute approximate surface area is 145 Å². The molecule has 126 valence electrons. The summed E-state index contributed by atoms with van der Waals surface area (Å²) in [7, 11) is 0. The van der Waals surface area contributed by atoms with E-state index >= 15 is 0 Å². The highest BCUT2D eigenvalue weighted by molar-refractivity contribution is 5.85. The summed E-state index contributed by atoms with van der Waals surface area (Å²) in [6.45, 7) is 5.87. The van der Waals surface area contributed by atoms with Crippen LogP contribution in [0, 0.1) is 13.8 Å². The van der Waals surface area contributed by atoms with Crippen LogP contribution in [0.5, 0.6) is 0 Å². The number of hydrogen-bond donors (Lipinski definition) is 2. The molecule has 1 aromatic carbocycles. The number of carbonyl (C=O) groups excluding carboxylic acids is 1. The van der Waals surface area contributed by atoms with E-state index in [9.17, 15) is 4.79 Å². The first-order valence-corrected chi connectivity index (χ1v) is 7.43. The van der Waals surface area contributed by atoms with Gasteiger partial charge in [-0.25, -0.2) is 0 Å². The minimum Gasteiger partial charge on any atom is -0.376 e. The first-order chi connectivity index (χ1) is 9.63. The third-order valence-electron chi connectivity index (χ3n) is 4.12. The predicted octanol–water partition coefficient (Wildman–Crippen LogP) is 2.90. The third-order valence-corrected chi connectivity index (χ3v) is 4.12. The summed E-state index contributed by atoms with van der Waals surface area (Å²) in [5.41, 5.74) is 9.19. The van der Waals surface area contributed by atoms with Crippen LogP contribution in [0.1, 0.15) is 30.4 Å². The molecule has 0 bridgehead atoms. The highest BCUT2D eigenvalue weighted by Crippen LogP contribution is 2.20. The molecule has 3 N–H and O–H groups in total. The van der Waals surface area contributed by atoms with Gasteiger partial charge in [-0.2, -0.15) is 0 Å². The van der Waals surface area contributed by atoms with Gasteiger partial charge in [-0.05, 0) is 44.2 Å². The number of aryl methyl sites for hydroxylation is 2. The van der Waals surface area contributed by atoms with Crippen LogP contribution in [0.15, 0.2) is 18.2 Å². The lowest BCUT2D eigenvalue weighted by Gasteiger charge is -2.35. The number of amides is 1. The second-order valence-corrected chi connectivity index (χ2v) is 5.59. The van der Waals surface area contributed by atoms with Crippen LogP contribution in [-0.2, 0) is 4.79 Å². The van der Waals surface area contributed by atoms with E-state index in [-0.39, 0.29) is 36.8 Å². The predicted molar refractivity (Wildman–Crippen MR) is 97.3 cm³/mol. The number of benzene rings is 1. The van der Waals surface area contributed by atoms with E-state index in [2.05, 4.69) is 31.3 Å². The molecule has 1 fully saturated rings. The summed E-state index contributed by atoms with van der Waals surface area (Å²) in [6.07, 6.45) is 3.30. The van der Waals surface area contributed by atoms with Crippen LogP contribution >= 0.6 is 24.8 Å². The van der Waals surface area contributed by atoms with Gasteiger partial charge in [-0.3, -0.25) is 4.79 Å². The number of piperidine rings is 1. The van der Waals surface area contributed by atoms with Crippen molar-refractivity contribution >= 4 is 36.4 Å². The lowest BCUT2D eigenvalue weighted by Crippen LogP contribution is -2.49. The van der Waals surface area contributed by atoms with Crippen molar-refractivity contribution in [3.63, 3.8) is 0 Å². The second-order valence-electron chi connectivity index (χ2n) is 5.59. The van der Waals surface area contributed by atoms with Gasteiger partial charge < -0.3 is 16.0 Å². The fourth-order valence-electron chi connectivity index (χ4n) is 2.93. The van der Waals surface area contributed by atoms with Crippen molar-refractivity contribution in [2.45, 2.75) is 39.2 Å². The van der Waals surface area contributed by atoms with Crippen LogP contribution in [0.3, 0.4) is 0 Å². The Balaban J connectivity index is 0.00000220. The highest BCUT2D eigenvalue weighted by Gasteiger charge is 2.25. The Morgan fingerprint density at radius 1 is 1.27 bits per heavy atom. The minimum atomic E-state index is 0. The molecule has 6 heteroatoms. The smallest absolute Gasteiger partial charge is 0.242 e. The number of carbonyl (C=O) groups is 1. The molecule has 1 saturated heterocycles. The minimum absolute atomic E-state index is 0. The van der Waals surface area contributed by atoms with Crippen molar-refractivity contribution in [1.82, 2.24) is 4.90 Å². The first kappa shape index (κ1) is 21.0. The third kappa shape index (κ3) is 5.04. The highest BCUT2D eigenvalue weighted by atomic mass is 35.5. The standard InChI is InChI=1S/C16H25N3O.2ClH/c1-12-6-5-7-13(2)16(12)18-11-15(20)19-9-4-3-8-14(19)10-17;;/h5-7,14,18H,3-4,8-11,17H2,1-2H3;2*1H. The van der Waals surface area contributed by atoms with Gasteiger partial charge in [0.2, 0.25) is 5.91 Å². The van der Waals surface area contributed by atoms with E-state index in [1.54, 1.807) is 0 Å². The van der Waals surface area contributed by atoms with Crippen molar-refractivity contribution < 1.29 is 4.79 Å². The van der Waals surface area contributed by atoms with E-state index in [0.29, 0.717) is 13.1 Å². The molecule has 0 aliphatic carbocycles. The summed E-state index contributed by atoms with van der Waals surface area (Å²) < 4.78 is 0. The quantitative estimate of drug-likeness (QED) is 0.880. The molecule has 1 atom stereocenters. The summed E-state index contributed by atoms with van der Waals surface area (Å²) in [6, 6.07) is 6.37. The van der Waals surface area contributed by atoms with Gasteiger partial charge in [0.05, 0.1) is 6.54 Å². The fourth-order valence-corrected chi connectivity index (χ4v) is 2.93. The van der Waals surface area contributed by atoms with Crippen LogP contribution in [0.2, 0.25) is 0 Å². The zero-order chi connectivity index (χ0) is 14.5. The van der Waals surface area contributed by atoms with E-state index in [1.807, 2.05) is 11.0 Å². The largest absolute Gasteiger partial charge is 0.376 e. The number of nitrogens with one attached hydrogen (secondary N) is 1. The summed E-state index contributed by atoms with van der Waals surface area (Å²) in [5, 5.41) is 3.29. The van der Waals surface area contributed by atoms with E-state index < -0.39 is 0 Å². The monoisotopic (exact) mass is 347 g/mol. The number of nitrogens with two attached hydrogens (primary N) is 1. The molecule has 0 radical (unpaired) electrons. The average Bonchev–Trinajstić information content (AvgIpc) is 2.46. The molecule has 1 unspecified atom stereocenters. The topological polar surface area (TPSA) is 58.4 Å². The number of anilines is 1. The van der Waals surface area contributed by atoms with Gasteiger partial charge in [0.15, 0.2) is 0 Å². The normalized spacial score (nSPS) is 17.2. The molecule has 1 amide bonds. The van der Waals surface area contributed by atoms with Gasteiger partial charge >= 0.3 is 0 Å². The van der Waals surface area contributed by atoms with Crippen LogP contribution in [-0.4, -0.2) is 36.5 Å². The lowest BCUT2D eigenvalue weighted by atomic mass is 10.0. The Morgan fingerprint density at radius 3 is 2.50 bits per heavy atom. The van der Waals surface area contributed by atoms with Gasteiger partial charge in [0.25, 0.3) is 0 Å². The number of hydrogen-bond acceptors (Lipinski definition) is 3. The maximum atomic E-state index is 12.4. The van der Waals surface area contributed by atoms with Gasteiger partial charge in [-0.1, -0.05) is 18.2 Å². The fraction of sp³-hybridized carbons (Fsp3) is 0.562. The molecular formula is C16H27Cl2N3O. The summed E-state index contributed by atoms with van der Waals surface area (Å²) in [4.78, 5) is 14.3. The van der Waals surface area contributed by atoms with Crippen molar-refractivity contribution in [1.29, 1.82) is 0 Å². The van der Waals surface area contributed by atoms with Gasteiger partial charge in [-0.15, -0.1) is 24.8 Å². The van der Waals surface area contributed by atoms with E-state index in [0.717, 1.165) is 25.1 Å². The number of likely N-dealkylation sites (tertiary alicyclic amines) is 1. The van der Waals surface area contributed by atoms with Gasteiger partial charge in [0, 0.05) is 24.8 Å². The molecule has 1 aromatic rings. The zero-order valence-electron chi connectivity index (χ0n) is 13.3. The maximum absolute atomic E-state index is 12.4. The molecule has 2 rings (SSSR count). The van der Waals surface area contributed by atoms with Crippen LogP contribution in [0.25, 0.3) is 0 Å². The van der Waals surface area contributed by atoms with Crippen molar-refractivity contribution in [2.75, 3.05) is 25.0 Å². The molecule has 0 saturated carbocycles. The first-order valence-electron chi connectivity index (χ1n) is 7.43. The van der Waals surface area contributed by atoms with Crippen molar-refractivity contribution in [3.05, 3.63) is 29.3 Å². The molecule has 0 spiro atoms. The summed E-state index contributed by atoms with van der Waals surface area (Å²) >= 11 is 0. The van der Waals surface area contributed by atoms with Gasteiger partial charge in [0.1, 0.15) is 0 Å². The van der Waals surface area contributed by atoms with Crippen LogP contribution < -0.4 is 11.1 Å². The molecular weight excluding hydrogens is 321 g/mol. The number of rotatable bonds is 4. The molecule has 1 aliphatic rings. The Morgan fingerprint density at radius 2 is 1.91 bits per heavy atom. The van der Waals surface area contributed by atoms with Crippen LogP contribution in [0.4, 0.5) is 5.69 Å². The van der Waals surface area contributed by atoms with E-state index in [1.165, 1.54) is 17.5 Å². The SMILES string of the molecule is Cc1cccc(C)c1NCC(=O)N1CCCCC1CN.Cl.Cl. The molecule has 1 heterocycles. The summed E-state index contributed by atoms with van der Waals surface area (Å²) in [5.74, 6) is 0.155. The molecule has 4 nitrogen and oxygen atoms in total. The number of nitrogens with zero attached hydrogens (tertiary/aromatic N) is 1. The number of halogens is 2. The number of para-hydroxylation sites is 1. The Hall–Kier alpha value is -0.970. The Kier molecular flexibility index (Phi) is 9.49. The lowest BCUT2D eigenvalue weighted by molar-refractivity contribution is -0.132. The molecule has 22 heavy (non-hydrogen) atoms. The molecule has 1 aliphatic heterocycles. The zero-order valence-corrected chi connectivity index (χ0v) is 14.9. The van der Waals surface area contributed by atoms with Crippen molar-refractivity contribution in [2.24, 2.45) is 5.73 Å². The Bertz CT molecular complexity index is 462. The van der Waals surface area contributed by atoms with E-state index in [4.69, 9.17) is 5.73 Å². The maximum Gasteiger partial charge on any atom is 0.242 e. The average molecular weight is 348 g/mol. The van der Waals surface area contributed by atoms with Crippen molar-refractivity contribution in [3.8, 4) is 0 Å². The second kappa shape index (κ2) is 9.93. The molecule has 0 aromatic heterocycles.